The van der Waals surface area contributed by atoms with Crippen LogP contribution in [0, 0.1) is 0 Å². The lowest BCUT2D eigenvalue weighted by molar-refractivity contribution is -0.112. The first-order chi connectivity index (χ1) is 17.2. The number of aryl methyl sites for hydroxylation is 1. The van der Waals surface area contributed by atoms with Crippen LogP contribution in [0.5, 0.6) is 5.75 Å². The van der Waals surface area contributed by atoms with Crippen molar-refractivity contribution in [1.29, 1.82) is 0 Å². The van der Waals surface area contributed by atoms with E-state index in [1.165, 1.54) is 6.33 Å². The molecule has 1 aliphatic carbocycles. The number of nitrogen functional groups attached to an aromatic ring is 1. The maximum absolute atomic E-state index is 12.0. The van der Waals surface area contributed by atoms with E-state index in [2.05, 4.69) is 21.9 Å². The Bertz CT molecular complexity index is 1530. The minimum atomic E-state index is -0.550. The van der Waals surface area contributed by atoms with Gasteiger partial charge in [-0.1, -0.05) is 24.8 Å². The quantitative estimate of drug-likeness (QED) is 0.340. The van der Waals surface area contributed by atoms with Crippen molar-refractivity contribution in [3.8, 4) is 28.1 Å². The van der Waals surface area contributed by atoms with Crippen LogP contribution in [0.15, 0.2) is 60.9 Å². The van der Waals surface area contributed by atoms with Crippen LogP contribution in [0.25, 0.3) is 33.4 Å². The number of rotatable bonds is 7. The lowest BCUT2D eigenvalue weighted by Gasteiger charge is -2.13. The number of carbonyl (C=O) groups excluding carboxylic acids is 2. The molecule has 1 fully saturated rings. The lowest BCUT2D eigenvalue weighted by atomic mass is 9.97. The van der Waals surface area contributed by atoms with Crippen LogP contribution in [0.2, 0.25) is 0 Å². The zero-order chi connectivity index (χ0) is 25.6. The molecule has 0 unspecified atom stereocenters. The molecular weight excluding hydrogens is 456 g/mol. The zero-order valence-corrected chi connectivity index (χ0v) is 20.0. The molecule has 0 aliphatic heterocycles. The summed E-state index contributed by atoms with van der Waals surface area (Å²) in [5.74, 6) is -0.0102. The SMILES string of the molecule is C=C(C)C(=O)Nc1ccc(-c2c(-c3ccc(C(N)=O)c(OC4CC4)c3)c3c(N)ncnc3n2C)cc1. The summed E-state index contributed by atoms with van der Waals surface area (Å²) in [5.41, 5.74) is 17.3. The zero-order valence-electron chi connectivity index (χ0n) is 20.0. The van der Waals surface area contributed by atoms with E-state index in [1.807, 2.05) is 48.0 Å². The third-order valence-electron chi connectivity index (χ3n) is 6.15. The highest BCUT2D eigenvalue weighted by atomic mass is 16.5. The first kappa shape index (κ1) is 23.1. The van der Waals surface area contributed by atoms with E-state index in [9.17, 15) is 9.59 Å². The van der Waals surface area contributed by atoms with E-state index >= 15 is 0 Å². The van der Waals surface area contributed by atoms with Crippen molar-refractivity contribution in [3.05, 3.63) is 66.5 Å². The fourth-order valence-corrected chi connectivity index (χ4v) is 4.19. The number of anilines is 2. The molecule has 0 saturated heterocycles. The predicted octanol–water partition coefficient (Wildman–Crippen LogP) is 4.04. The number of nitrogens with two attached hydrogens (primary N) is 2. The minimum absolute atomic E-state index is 0.0840. The summed E-state index contributed by atoms with van der Waals surface area (Å²) < 4.78 is 7.98. The fraction of sp³-hybridized carbons (Fsp3) is 0.185. The molecule has 1 aliphatic rings. The Labute approximate surface area is 207 Å². The summed E-state index contributed by atoms with van der Waals surface area (Å²) in [7, 11) is 1.91. The van der Waals surface area contributed by atoms with Gasteiger partial charge in [-0.2, -0.15) is 0 Å². The number of hydrogen-bond acceptors (Lipinski definition) is 6. The van der Waals surface area contributed by atoms with Crippen molar-refractivity contribution in [2.75, 3.05) is 11.1 Å². The van der Waals surface area contributed by atoms with Gasteiger partial charge < -0.3 is 26.1 Å². The maximum Gasteiger partial charge on any atom is 0.252 e. The Morgan fingerprint density at radius 1 is 1.11 bits per heavy atom. The van der Waals surface area contributed by atoms with Gasteiger partial charge in [-0.05, 0) is 55.2 Å². The third-order valence-corrected chi connectivity index (χ3v) is 6.15. The first-order valence-electron chi connectivity index (χ1n) is 11.5. The van der Waals surface area contributed by atoms with E-state index in [0.29, 0.717) is 39.4 Å². The standard InChI is InChI=1S/C27H26N6O3/c1-14(2)27(35)32-17-7-4-15(5-8-17)23-21(22-24(28)30-13-31-26(22)33(23)3)16-6-11-19(25(29)34)20(12-16)36-18-9-10-18/h4-8,11-13,18H,1,9-10H2,2-3H3,(H2,29,34)(H,32,35)(H2,28,30,31). The van der Waals surface area contributed by atoms with Gasteiger partial charge in [0.25, 0.3) is 11.8 Å². The molecule has 2 aromatic carbocycles. The van der Waals surface area contributed by atoms with Gasteiger partial charge in [0.1, 0.15) is 23.5 Å². The number of ether oxygens (including phenoxy) is 1. The summed E-state index contributed by atoms with van der Waals surface area (Å²) in [6.45, 7) is 5.33. The monoisotopic (exact) mass is 482 g/mol. The maximum atomic E-state index is 12.0. The van der Waals surface area contributed by atoms with E-state index < -0.39 is 5.91 Å². The number of nitrogens with one attached hydrogen (secondary N) is 1. The molecule has 36 heavy (non-hydrogen) atoms. The van der Waals surface area contributed by atoms with Crippen molar-refractivity contribution < 1.29 is 14.3 Å². The van der Waals surface area contributed by atoms with Gasteiger partial charge in [0, 0.05) is 23.9 Å². The number of nitrogens with zero attached hydrogens (tertiary/aromatic N) is 3. The van der Waals surface area contributed by atoms with Crippen LogP contribution in [0.3, 0.4) is 0 Å². The molecule has 0 atom stereocenters. The second kappa shape index (κ2) is 8.84. The van der Waals surface area contributed by atoms with Gasteiger partial charge in [-0.25, -0.2) is 9.97 Å². The molecule has 1 saturated carbocycles. The van der Waals surface area contributed by atoms with Gasteiger partial charge in [-0.3, -0.25) is 9.59 Å². The summed E-state index contributed by atoms with van der Waals surface area (Å²) in [5, 5.41) is 3.51. The molecule has 2 aromatic heterocycles. The van der Waals surface area contributed by atoms with Crippen molar-refractivity contribution in [1.82, 2.24) is 14.5 Å². The van der Waals surface area contributed by atoms with Crippen molar-refractivity contribution in [3.63, 3.8) is 0 Å². The molecule has 9 heteroatoms. The molecular formula is C27H26N6O3. The Hall–Kier alpha value is -4.66. The second-order valence-electron chi connectivity index (χ2n) is 8.94. The second-order valence-corrected chi connectivity index (χ2v) is 8.94. The Balaban J connectivity index is 1.69. The number of hydrogen-bond donors (Lipinski definition) is 3. The summed E-state index contributed by atoms with van der Waals surface area (Å²) in [4.78, 5) is 32.8. The number of fused-ring (bicyclic) bond motifs is 1. The molecule has 2 heterocycles. The molecule has 9 nitrogen and oxygen atoms in total. The molecule has 2 amide bonds. The highest BCUT2D eigenvalue weighted by Crippen LogP contribution is 2.43. The average Bonchev–Trinajstić information content (AvgIpc) is 3.61. The number of aromatic nitrogens is 3. The van der Waals surface area contributed by atoms with E-state index in [1.54, 1.807) is 13.0 Å². The van der Waals surface area contributed by atoms with Crippen LogP contribution in [-0.2, 0) is 11.8 Å². The van der Waals surface area contributed by atoms with E-state index in [-0.39, 0.29) is 12.0 Å². The van der Waals surface area contributed by atoms with Gasteiger partial charge in [0.15, 0.2) is 0 Å². The van der Waals surface area contributed by atoms with Gasteiger partial charge in [0.2, 0.25) is 0 Å². The molecule has 0 spiro atoms. The van der Waals surface area contributed by atoms with Crippen molar-refractivity contribution in [2.24, 2.45) is 12.8 Å². The Kier molecular flexibility index (Phi) is 5.68. The van der Waals surface area contributed by atoms with Crippen LogP contribution in [0.1, 0.15) is 30.1 Å². The minimum Gasteiger partial charge on any atom is -0.490 e. The predicted molar refractivity (Wildman–Crippen MR) is 139 cm³/mol. The molecule has 0 radical (unpaired) electrons. The van der Waals surface area contributed by atoms with Gasteiger partial charge in [0.05, 0.1) is 22.7 Å². The van der Waals surface area contributed by atoms with E-state index in [4.69, 9.17) is 16.2 Å². The Morgan fingerprint density at radius 2 is 1.81 bits per heavy atom. The van der Waals surface area contributed by atoms with Gasteiger partial charge in [-0.15, -0.1) is 0 Å². The van der Waals surface area contributed by atoms with E-state index in [0.717, 1.165) is 35.2 Å². The topological polar surface area (TPSA) is 138 Å². The van der Waals surface area contributed by atoms with Crippen LogP contribution in [-0.4, -0.2) is 32.5 Å². The van der Waals surface area contributed by atoms with Crippen LogP contribution in [0.4, 0.5) is 11.5 Å². The van der Waals surface area contributed by atoms with Crippen molar-refractivity contribution >= 4 is 34.4 Å². The van der Waals surface area contributed by atoms with Gasteiger partial charge >= 0.3 is 0 Å². The Morgan fingerprint density at radius 3 is 2.44 bits per heavy atom. The average molecular weight is 483 g/mol. The first-order valence-corrected chi connectivity index (χ1v) is 11.5. The van der Waals surface area contributed by atoms with Crippen LogP contribution < -0.4 is 21.5 Å². The number of amides is 2. The molecule has 4 aromatic rings. The number of benzene rings is 2. The molecule has 5 N–H and O–H groups in total. The highest BCUT2D eigenvalue weighted by molar-refractivity contribution is 6.09. The number of primary amides is 1. The van der Waals surface area contributed by atoms with Crippen LogP contribution >= 0.6 is 0 Å². The normalized spacial score (nSPS) is 12.9. The molecule has 5 rings (SSSR count). The molecule has 0 bridgehead atoms. The summed E-state index contributed by atoms with van der Waals surface area (Å²) >= 11 is 0. The van der Waals surface area contributed by atoms with Crippen molar-refractivity contribution in [2.45, 2.75) is 25.9 Å². The largest absolute Gasteiger partial charge is 0.490 e. The summed E-state index contributed by atoms with van der Waals surface area (Å²) in [6, 6.07) is 12.8. The third kappa shape index (κ3) is 4.15. The smallest absolute Gasteiger partial charge is 0.252 e. The number of carbonyl (C=O) groups is 2. The highest BCUT2D eigenvalue weighted by Gasteiger charge is 2.27. The fourth-order valence-electron chi connectivity index (χ4n) is 4.19. The lowest BCUT2D eigenvalue weighted by Crippen LogP contribution is -2.13. The molecule has 182 valence electrons. The summed E-state index contributed by atoms with van der Waals surface area (Å²) in [6.07, 6.45) is 3.40.